The highest BCUT2D eigenvalue weighted by atomic mass is 16.5. The lowest BCUT2D eigenvalue weighted by Gasteiger charge is -2.32. The molecular weight excluding hydrogens is 516 g/mol. The normalized spacial score (nSPS) is 15.2. The van der Waals surface area contributed by atoms with E-state index in [0.717, 1.165) is 15.4 Å². The van der Waals surface area contributed by atoms with Crippen molar-refractivity contribution in [2.75, 3.05) is 9.80 Å². The van der Waals surface area contributed by atoms with Crippen LogP contribution in [0.4, 0.5) is 11.4 Å². The first-order valence-corrected chi connectivity index (χ1v) is 13.5. The van der Waals surface area contributed by atoms with Crippen LogP contribution in [0.5, 0.6) is 5.75 Å². The summed E-state index contributed by atoms with van der Waals surface area (Å²) >= 11 is 0. The van der Waals surface area contributed by atoms with Crippen LogP contribution in [0.3, 0.4) is 0 Å². The molecule has 2 heterocycles. The second-order valence-electron chi connectivity index (χ2n) is 12.5. The smallest absolute Gasteiger partial charge is 0.265 e. The van der Waals surface area contributed by atoms with Crippen molar-refractivity contribution in [3.8, 4) is 5.75 Å². The van der Waals surface area contributed by atoms with Gasteiger partial charge in [0, 0.05) is 33.0 Å². The zero-order valence-corrected chi connectivity index (χ0v) is 23.9. The topological polar surface area (TPSA) is 84.0 Å². The number of hydrogen-bond donors (Lipinski definition) is 0. The van der Waals surface area contributed by atoms with E-state index < -0.39 is 29.2 Å². The highest BCUT2D eigenvalue weighted by molar-refractivity contribution is 6.42. The van der Waals surface area contributed by atoms with Crippen LogP contribution < -0.4 is 14.5 Å². The van der Waals surface area contributed by atoms with Gasteiger partial charge in [-0.2, -0.15) is 0 Å². The molecule has 0 saturated carbocycles. The van der Waals surface area contributed by atoms with E-state index in [4.69, 9.17) is 4.74 Å². The fraction of sp³-hybridized carbons (Fsp3) is 0.235. The molecule has 4 aromatic rings. The van der Waals surface area contributed by atoms with Gasteiger partial charge >= 0.3 is 0 Å². The van der Waals surface area contributed by atoms with Crippen LogP contribution >= 0.6 is 0 Å². The van der Waals surface area contributed by atoms with Gasteiger partial charge in [0.2, 0.25) is 0 Å². The van der Waals surface area contributed by atoms with Gasteiger partial charge < -0.3 is 4.74 Å². The molecule has 4 aromatic carbocycles. The SMILES string of the molecule is CC(C)(C)Oc1ccc(N2C(=O)c3ccc4c5c(ccc(c35)C2=O)C(=O)N(c2ccc(C(C)(C)C)cc2)C4=O)cc1. The molecular formula is C34H30N2O5. The molecule has 0 radical (unpaired) electrons. The average Bonchev–Trinajstić information content (AvgIpc) is 2.90. The van der Waals surface area contributed by atoms with E-state index in [1.807, 2.05) is 32.9 Å². The molecule has 0 saturated heterocycles. The zero-order valence-electron chi connectivity index (χ0n) is 23.9. The Balaban J connectivity index is 1.41. The molecule has 0 N–H and O–H groups in total. The summed E-state index contributed by atoms with van der Waals surface area (Å²) in [5.41, 5.74) is 2.54. The lowest BCUT2D eigenvalue weighted by Crippen LogP contribution is -2.43. The van der Waals surface area contributed by atoms with E-state index in [-0.39, 0.29) is 27.7 Å². The fourth-order valence-corrected chi connectivity index (χ4v) is 5.47. The molecule has 41 heavy (non-hydrogen) atoms. The standard InChI is InChI=1S/C34H30N2O5/c1-33(2,3)19-7-9-20(10-8-19)35-29(37)23-15-17-25-28-26(18-16-24(27(23)28)30(35)38)32(40)36(31(25)39)21-11-13-22(14-12-21)41-34(4,5)6/h7-18H,1-6H3. The molecule has 206 valence electrons. The Bertz CT molecular complexity index is 1720. The number of carbonyl (C=O) groups excluding carboxylic acids is 4. The number of imide groups is 2. The summed E-state index contributed by atoms with van der Waals surface area (Å²) in [7, 11) is 0. The molecule has 7 nitrogen and oxygen atoms in total. The predicted octanol–water partition coefficient (Wildman–Crippen LogP) is 6.92. The van der Waals surface area contributed by atoms with Gasteiger partial charge in [-0.25, -0.2) is 9.80 Å². The third-order valence-electron chi connectivity index (χ3n) is 7.41. The van der Waals surface area contributed by atoms with Crippen LogP contribution in [0.25, 0.3) is 10.8 Å². The summed E-state index contributed by atoms with van der Waals surface area (Å²) in [6, 6.07) is 20.4. The van der Waals surface area contributed by atoms with Gasteiger partial charge in [-0.05, 0) is 92.4 Å². The first kappa shape index (κ1) is 26.4. The number of nitrogens with zero attached hydrogens (tertiary/aromatic N) is 2. The van der Waals surface area contributed by atoms with Crippen molar-refractivity contribution in [3.63, 3.8) is 0 Å². The number of ether oxygens (including phenoxy) is 1. The lowest BCUT2D eigenvalue weighted by molar-refractivity contribution is 0.0873. The quantitative estimate of drug-likeness (QED) is 0.261. The number of anilines is 2. The Morgan fingerprint density at radius 3 is 1.15 bits per heavy atom. The minimum absolute atomic E-state index is 0.0810. The average molecular weight is 547 g/mol. The maximum Gasteiger partial charge on any atom is 0.265 e. The van der Waals surface area contributed by atoms with E-state index in [0.29, 0.717) is 27.9 Å². The summed E-state index contributed by atoms with van der Waals surface area (Å²) in [5, 5.41) is 0.677. The second-order valence-corrected chi connectivity index (χ2v) is 12.5. The van der Waals surface area contributed by atoms with Crippen molar-refractivity contribution in [1.29, 1.82) is 0 Å². The van der Waals surface area contributed by atoms with Crippen molar-refractivity contribution in [1.82, 2.24) is 0 Å². The Morgan fingerprint density at radius 2 is 0.829 bits per heavy atom. The summed E-state index contributed by atoms with van der Waals surface area (Å²) in [4.78, 5) is 57.1. The van der Waals surface area contributed by atoms with Gasteiger partial charge in [0.05, 0.1) is 11.4 Å². The minimum Gasteiger partial charge on any atom is -0.488 e. The maximum absolute atomic E-state index is 13.7. The van der Waals surface area contributed by atoms with E-state index >= 15 is 0 Å². The monoisotopic (exact) mass is 546 g/mol. The third kappa shape index (κ3) is 4.20. The maximum atomic E-state index is 13.7. The van der Waals surface area contributed by atoms with Crippen molar-refractivity contribution in [2.45, 2.75) is 52.6 Å². The molecule has 0 fully saturated rings. The van der Waals surface area contributed by atoms with Crippen LogP contribution in [0.1, 0.15) is 88.5 Å². The molecule has 0 atom stereocenters. The number of carbonyl (C=O) groups is 4. The van der Waals surface area contributed by atoms with Crippen molar-refractivity contribution >= 4 is 45.8 Å². The zero-order chi connectivity index (χ0) is 29.4. The van der Waals surface area contributed by atoms with Gasteiger partial charge in [0.15, 0.2) is 0 Å². The number of rotatable bonds is 3. The molecule has 0 spiro atoms. The molecule has 0 aliphatic carbocycles. The molecule has 6 rings (SSSR count). The molecule has 0 aromatic heterocycles. The van der Waals surface area contributed by atoms with Gasteiger partial charge in [0.1, 0.15) is 11.4 Å². The first-order chi connectivity index (χ1) is 19.3. The second kappa shape index (κ2) is 8.86. The summed E-state index contributed by atoms with van der Waals surface area (Å²) in [5.74, 6) is -1.41. The fourth-order valence-electron chi connectivity index (χ4n) is 5.47. The van der Waals surface area contributed by atoms with Gasteiger partial charge in [-0.15, -0.1) is 0 Å². The summed E-state index contributed by atoms with van der Waals surface area (Å²) < 4.78 is 5.87. The van der Waals surface area contributed by atoms with Crippen molar-refractivity contribution < 1.29 is 23.9 Å². The molecule has 0 unspecified atom stereocenters. The van der Waals surface area contributed by atoms with E-state index in [2.05, 4.69) is 20.8 Å². The molecule has 2 aliphatic rings. The highest BCUT2D eigenvalue weighted by Gasteiger charge is 2.40. The van der Waals surface area contributed by atoms with Crippen LogP contribution in [-0.2, 0) is 5.41 Å². The van der Waals surface area contributed by atoms with Crippen LogP contribution in [0, 0.1) is 0 Å². The van der Waals surface area contributed by atoms with Crippen LogP contribution in [-0.4, -0.2) is 29.2 Å². The van der Waals surface area contributed by atoms with Gasteiger partial charge in [-0.1, -0.05) is 32.9 Å². The Hall–Kier alpha value is -4.78. The van der Waals surface area contributed by atoms with Crippen molar-refractivity contribution in [2.24, 2.45) is 0 Å². The Labute approximate surface area is 238 Å². The molecule has 2 aliphatic heterocycles. The largest absolute Gasteiger partial charge is 0.488 e. The van der Waals surface area contributed by atoms with E-state index in [9.17, 15) is 19.2 Å². The number of amides is 4. The number of hydrogen-bond acceptors (Lipinski definition) is 5. The Kier molecular flexibility index (Phi) is 5.72. The van der Waals surface area contributed by atoms with Crippen LogP contribution in [0.15, 0.2) is 72.8 Å². The summed E-state index contributed by atoms with van der Waals surface area (Å²) in [6.07, 6.45) is 0. The minimum atomic E-state index is -0.518. The molecule has 7 heteroatoms. The van der Waals surface area contributed by atoms with Crippen LogP contribution in [0.2, 0.25) is 0 Å². The van der Waals surface area contributed by atoms with E-state index in [1.54, 1.807) is 60.7 Å². The molecule has 4 amide bonds. The first-order valence-electron chi connectivity index (χ1n) is 13.5. The Morgan fingerprint density at radius 1 is 0.488 bits per heavy atom. The number of benzene rings is 4. The third-order valence-corrected chi connectivity index (χ3v) is 7.41. The molecule has 0 bridgehead atoms. The van der Waals surface area contributed by atoms with E-state index in [1.165, 1.54) is 0 Å². The van der Waals surface area contributed by atoms with Crippen molar-refractivity contribution in [3.05, 3.63) is 101 Å². The highest BCUT2D eigenvalue weighted by Crippen LogP contribution is 2.40. The lowest BCUT2D eigenvalue weighted by atomic mass is 9.85. The predicted molar refractivity (Wildman–Crippen MR) is 158 cm³/mol. The summed E-state index contributed by atoms with van der Waals surface area (Å²) in [6.45, 7) is 12.1. The van der Waals surface area contributed by atoms with Gasteiger partial charge in [0.25, 0.3) is 23.6 Å². The van der Waals surface area contributed by atoms with Gasteiger partial charge in [-0.3, -0.25) is 19.2 Å².